The average molecular weight is 538 g/mol. The number of sulfonamides is 1. The monoisotopic (exact) mass is 537 g/mol. The van der Waals surface area contributed by atoms with Gasteiger partial charge in [-0.1, -0.05) is 18.2 Å². The lowest BCUT2D eigenvalue weighted by atomic mass is 9.93. The molecule has 10 heteroatoms. The van der Waals surface area contributed by atoms with Crippen LogP contribution in [0, 0.1) is 5.92 Å². The Morgan fingerprint density at radius 1 is 1.11 bits per heavy atom. The number of fused-ring (bicyclic) bond motifs is 1. The van der Waals surface area contributed by atoms with Crippen LogP contribution in [0.2, 0.25) is 0 Å². The van der Waals surface area contributed by atoms with E-state index in [-0.39, 0.29) is 30.3 Å². The SMILES string of the molecule is O=C(C[C@@H]1C(=O)NCCN1S(=O)(=O)c1ccc2c(c1)C=CCC2)NCCC1CCN(c2ccncc2)CC1. The van der Waals surface area contributed by atoms with Crippen molar-refractivity contribution in [3.8, 4) is 0 Å². The predicted molar refractivity (Wildman–Crippen MR) is 146 cm³/mol. The summed E-state index contributed by atoms with van der Waals surface area (Å²) in [6.45, 7) is 2.80. The highest BCUT2D eigenvalue weighted by Gasteiger charge is 2.39. The van der Waals surface area contributed by atoms with E-state index in [1.165, 1.54) is 9.99 Å². The number of benzene rings is 1. The molecule has 1 aromatic carbocycles. The van der Waals surface area contributed by atoms with Crippen LogP contribution in [0.5, 0.6) is 0 Å². The number of aromatic nitrogens is 1. The van der Waals surface area contributed by atoms with E-state index in [1.54, 1.807) is 24.5 Å². The van der Waals surface area contributed by atoms with Crippen molar-refractivity contribution in [1.82, 2.24) is 19.9 Å². The zero-order chi connectivity index (χ0) is 26.5. The topological polar surface area (TPSA) is 112 Å². The summed E-state index contributed by atoms with van der Waals surface area (Å²) >= 11 is 0. The van der Waals surface area contributed by atoms with Crippen molar-refractivity contribution in [2.45, 2.75) is 49.5 Å². The highest BCUT2D eigenvalue weighted by atomic mass is 32.2. The summed E-state index contributed by atoms with van der Waals surface area (Å²) in [5.74, 6) is -0.229. The molecule has 3 aliphatic rings. The van der Waals surface area contributed by atoms with Gasteiger partial charge in [0.1, 0.15) is 6.04 Å². The molecule has 2 aliphatic heterocycles. The highest BCUT2D eigenvalue weighted by Crippen LogP contribution is 2.27. The van der Waals surface area contributed by atoms with E-state index < -0.39 is 22.0 Å². The first-order valence-electron chi connectivity index (χ1n) is 13.4. The second-order valence-corrected chi connectivity index (χ2v) is 12.1. The Bertz CT molecular complexity index is 1290. The molecular weight excluding hydrogens is 502 g/mol. The van der Waals surface area contributed by atoms with Crippen molar-refractivity contribution in [3.63, 3.8) is 0 Å². The number of allylic oxidation sites excluding steroid dienone is 1. The number of hydrogen-bond acceptors (Lipinski definition) is 6. The molecule has 1 aromatic heterocycles. The van der Waals surface area contributed by atoms with Gasteiger partial charge in [-0.05, 0) is 73.4 Å². The van der Waals surface area contributed by atoms with Gasteiger partial charge in [-0.15, -0.1) is 0 Å². The van der Waals surface area contributed by atoms with Crippen LogP contribution in [0.4, 0.5) is 5.69 Å². The van der Waals surface area contributed by atoms with Crippen molar-refractivity contribution >= 4 is 33.6 Å². The number of amides is 2. The smallest absolute Gasteiger partial charge is 0.243 e. The molecule has 9 nitrogen and oxygen atoms in total. The number of anilines is 1. The predicted octanol–water partition coefficient (Wildman–Crippen LogP) is 2.34. The number of carbonyl (C=O) groups excluding carboxylic acids is 2. The summed E-state index contributed by atoms with van der Waals surface area (Å²) in [6, 6.07) is 8.10. The number of hydrogen-bond donors (Lipinski definition) is 2. The quantitative estimate of drug-likeness (QED) is 0.535. The molecule has 0 unspecified atom stereocenters. The second-order valence-electron chi connectivity index (χ2n) is 10.2. The Morgan fingerprint density at radius 3 is 2.68 bits per heavy atom. The van der Waals surface area contributed by atoms with Gasteiger partial charge >= 0.3 is 0 Å². The third-order valence-electron chi connectivity index (χ3n) is 7.78. The maximum absolute atomic E-state index is 13.5. The van der Waals surface area contributed by atoms with Gasteiger partial charge in [-0.2, -0.15) is 4.31 Å². The molecule has 2 N–H and O–H groups in total. The first kappa shape index (κ1) is 26.4. The highest BCUT2D eigenvalue weighted by molar-refractivity contribution is 7.89. The maximum Gasteiger partial charge on any atom is 0.243 e. The lowest BCUT2D eigenvalue weighted by Gasteiger charge is -2.34. The van der Waals surface area contributed by atoms with Gasteiger partial charge < -0.3 is 15.5 Å². The molecule has 2 aromatic rings. The Labute approximate surface area is 224 Å². The van der Waals surface area contributed by atoms with Crippen molar-refractivity contribution in [2.24, 2.45) is 5.92 Å². The van der Waals surface area contributed by atoms with Gasteiger partial charge in [0.2, 0.25) is 21.8 Å². The molecule has 3 heterocycles. The van der Waals surface area contributed by atoms with Gasteiger partial charge in [0.05, 0.1) is 11.3 Å². The van der Waals surface area contributed by atoms with Crippen LogP contribution in [0.3, 0.4) is 0 Å². The van der Waals surface area contributed by atoms with Crippen molar-refractivity contribution in [1.29, 1.82) is 0 Å². The van der Waals surface area contributed by atoms with E-state index in [2.05, 4.69) is 20.5 Å². The van der Waals surface area contributed by atoms with Gasteiger partial charge in [-0.25, -0.2) is 8.42 Å². The molecule has 2 saturated heterocycles. The molecule has 1 aliphatic carbocycles. The first-order chi connectivity index (χ1) is 18.4. The fourth-order valence-electron chi connectivity index (χ4n) is 5.57. The normalized spacial score (nSPS) is 20.6. The van der Waals surface area contributed by atoms with Crippen LogP contribution >= 0.6 is 0 Å². The summed E-state index contributed by atoms with van der Waals surface area (Å²) in [5.41, 5.74) is 3.19. The summed E-state index contributed by atoms with van der Waals surface area (Å²) < 4.78 is 28.3. The van der Waals surface area contributed by atoms with E-state index in [0.717, 1.165) is 56.3 Å². The second kappa shape index (κ2) is 11.7. The molecule has 1 atom stereocenters. The fourth-order valence-corrected chi connectivity index (χ4v) is 7.20. The minimum absolute atomic E-state index is 0.134. The van der Waals surface area contributed by atoms with E-state index in [4.69, 9.17) is 0 Å². The summed E-state index contributed by atoms with van der Waals surface area (Å²) in [4.78, 5) is 32.1. The first-order valence-corrected chi connectivity index (χ1v) is 14.9. The molecule has 2 amide bonds. The Balaban J connectivity index is 1.15. The molecule has 0 radical (unpaired) electrons. The average Bonchev–Trinajstić information content (AvgIpc) is 2.94. The number of rotatable bonds is 8. The van der Waals surface area contributed by atoms with Crippen molar-refractivity contribution in [2.75, 3.05) is 37.6 Å². The van der Waals surface area contributed by atoms with Crippen LogP contribution in [0.1, 0.15) is 43.2 Å². The Kier molecular flexibility index (Phi) is 8.09. The van der Waals surface area contributed by atoms with Gasteiger partial charge in [0.25, 0.3) is 0 Å². The van der Waals surface area contributed by atoms with Gasteiger partial charge in [0, 0.05) is 50.8 Å². The minimum Gasteiger partial charge on any atom is -0.371 e. The number of aryl methyl sites for hydroxylation is 1. The number of piperidine rings is 1. The number of piperazine rings is 1. The number of carbonyl (C=O) groups is 2. The fraction of sp³-hybridized carbons (Fsp3) is 0.464. The summed E-state index contributed by atoms with van der Waals surface area (Å²) in [7, 11) is -3.94. The van der Waals surface area contributed by atoms with Crippen LogP contribution in [-0.4, -0.2) is 68.3 Å². The maximum atomic E-state index is 13.5. The van der Waals surface area contributed by atoms with Crippen molar-refractivity contribution in [3.05, 3.63) is 59.9 Å². The Morgan fingerprint density at radius 2 is 1.89 bits per heavy atom. The molecule has 202 valence electrons. The van der Waals surface area contributed by atoms with Crippen LogP contribution in [0.25, 0.3) is 6.08 Å². The van der Waals surface area contributed by atoms with E-state index >= 15 is 0 Å². The molecule has 0 bridgehead atoms. The van der Waals surface area contributed by atoms with Crippen LogP contribution < -0.4 is 15.5 Å². The van der Waals surface area contributed by atoms with E-state index in [0.29, 0.717) is 12.5 Å². The van der Waals surface area contributed by atoms with E-state index in [1.807, 2.05) is 30.4 Å². The standard InChI is InChI=1S/C28H35N5O4S/c34-27(30-14-7-21-10-16-32(17-11-21)24-8-12-29-13-9-24)20-26-28(35)31-15-18-33(26)38(36,37)25-6-5-22-3-1-2-4-23(22)19-25/h2,4-6,8-9,12-13,19,21,26H,1,3,7,10-11,14-18,20H2,(H,30,34)(H,31,35)/t26-/m1/s1. The zero-order valence-corrected chi connectivity index (χ0v) is 22.3. The lowest BCUT2D eigenvalue weighted by Crippen LogP contribution is -2.58. The third-order valence-corrected chi connectivity index (χ3v) is 9.68. The third kappa shape index (κ3) is 5.91. The minimum atomic E-state index is -3.94. The molecular formula is C28H35N5O4S. The molecule has 2 fully saturated rings. The number of pyridine rings is 1. The largest absolute Gasteiger partial charge is 0.371 e. The number of nitrogens with one attached hydrogen (secondary N) is 2. The molecule has 5 rings (SSSR count). The Hall–Kier alpha value is -3.24. The van der Waals surface area contributed by atoms with E-state index in [9.17, 15) is 18.0 Å². The molecule has 38 heavy (non-hydrogen) atoms. The number of nitrogens with zero attached hydrogens (tertiary/aromatic N) is 3. The molecule has 0 saturated carbocycles. The van der Waals surface area contributed by atoms with Crippen LogP contribution in [-0.2, 0) is 26.0 Å². The van der Waals surface area contributed by atoms with Crippen molar-refractivity contribution < 1.29 is 18.0 Å². The summed E-state index contributed by atoms with van der Waals surface area (Å²) in [6.07, 6.45) is 12.2. The lowest BCUT2D eigenvalue weighted by molar-refractivity contribution is -0.131. The summed E-state index contributed by atoms with van der Waals surface area (Å²) in [5, 5.41) is 5.64. The van der Waals surface area contributed by atoms with Gasteiger partial charge in [0.15, 0.2) is 0 Å². The van der Waals surface area contributed by atoms with Crippen LogP contribution in [0.15, 0.2) is 53.7 Å². The zero-order valence-electron chi connectivity index (χ0n) is 21.5. The van der Waals surface area contributed by atoms with Gasteiger partial charge in [-0.3, -0.25) is 14.6 Å². The molecule has 0 spiro atoms.